The Kier molecular flexibility index (Phi) is 21.7. The van der Waals surface area contributed by atoms with Gasteiger partial charge in [0.25, 0.3) is 11.8 Å². The summed E-state index contributed by atoms with van der Waals surface area (Å²) < 4.78 is 6.20. The maximum absolute atomic E-state index is 14.7. The summed E-state index contributed by atoms with van der Waals surface area (Å²) in [6.45, 7) is 9.49. The van der Waals surface area contributed by atoms with E-state index in [0.717, 1.165) is 18.1 Å². The van der Waals surface area contributed by atoms with E-state index in [1.807, 2.05) is 60.7 Å². The predicted molar refractivity (Wildman–Crippen MR) is 237 cm³/mol. The van der Waals surface area contributed by atoms with Crippen LogP contribution in [0.25, 0.3) is 0 Å². The third kappa shape index (κ3) is 16.5. The van der Waals surface area contributed by atoms with Gasteiger partial charge >= 0.3 is 11.9 Å². The van der Waals surface area contributed by atoms with E-state index < -0.39 is 115 Å². The first-order chi connectivity index (χ1) is 31.3. The summed E-state index contributed by atoms with van der Waals surface area (Å²) in [5.41, 5.74) is 4.64. The van der Waals surface area contributed by atoms with Crippen LogP contribution in [0.4, 0.5) is 0 Å². The lowest BCUT2D eigenvalue weighted by atomic mass is 9.95. The van der Waals surface area contributed by atoms with Crippen LogP contribution in [-0.2, 0) is 60.9 Å². The predicted octanol–water partition coefficient (Wildman–Crippen LogP) is 2.18. The summed E-state index contributed by atoms with van der Waals surface area (Å²) >= 11 is 0. The van der Waals surface area contributed by atoms with Gasteiger partial charge in [-0.15, -0.1) is 0 Å². The van der Waals surface area contributed by atoms with Gasteiger partial charge in [-0.05, 0) is 42.2 Å². The number of hydrogen-bond donors (Lipinski definition) is 7. The Morgan fingerprint density at radius 1 is 0.818 bits per heavy atom. The number of ether oxygens (including phenoxy) is 1. The third-order valence-electron chi connectivity index (χ3n) is 11.2. The average Bonchev–Trinajstić information content (AvgIpc) is 3.72. The van der Waals surface area contributed by atoms with Gasteiger partial charge in [-0.3, -0.25) is 58.8 Å². The molecule has 2 aromatic carbocycles. The van der Waals surface area contributed by atoms with Crippen molar-refractivity contribution in [2.75, 3.05) is 13.1 Å². The van der Waals surface area contributed by atoms with E-state index in [2.05, 4.69) is 21.4 Å². The lowest BCUT2D eigenvalue weighted by Crippen LogP contribution is -2.62. The second kappa shape index (κ2) is 26.5. The number of amides is 7. The summed E-state index contributed by atoms with van der Waals surface area (Å²) in [7, 11) is 0. The number of hydrazine groups is 1. The summed E-state index contributed by atoms with van der Waals surface area (Å²) in [5, 5.41) is 38.5. The van der Waals surface area contributed by atoms with Gasteiger partial charge in [0.15, 0.2) is 0 Å². The minimum atomic E-state index is -1.81. The van der Waals surface area contributed by atoms with Gasteiger partial charge < -0.3 is 35.8 Å². The Labute approximate surface area is 384 Å². The molecular formula is C46H65N7O13. The van der Waals surface area contributed by atoms with E-state index in [-0.39, 0.29) is 49.9 Å². The van der Waals surface area contributed by atoms with Gasteiger partial charge in [0.05, 0.1) is 19.1 Å². The number of aryl methyl sites for hydroxylation is 1. The van der Waals surface area contributed by atoms with Crippen LogP contribution in [0.1, 0.15) is 97.6 Å². The van der Waals surface area contributed by atoms with E-state index in [0.29, 0.717) is 12.8 Å². The Hall–Kier alpha value is -6.41. The van der Waals surface area contributed by atoms with E-state index in [1.165, 1.54) is 16.8 Å². The number of benzene rings is 2. The van der Waals surface area contributed by atoms with Gasteiger partial charge in [-0.1, -0.05) is 102 Å². The quantitative estimate of drug-likeness (QED) is 0.0556. The molecule has 20 nitrogen and oxygen atoms in total. The van der Waals surface area contributed by atoms with Crippen molar-refractivity contribution in [1.82, 2.24) is 36.3 Å². The molecule has 7 N–H and O–H groups in total. The lowest BCUT2D eigenvalue weighted by Gasteiger charge is -2.35. The largest absolute Gasteiger partial charge is 0.481 e. The zero-order valence-corrected chi connectivity index (χ0v) is 38.4. The van der Waals surface area contributed by atoms with Crippen LogP contribution in [0.15, 0.2) is 60.7 Å². The topological polar surface area (TPSA) is 281 Å². The molecule has 1 saturated heterocycles. The number of hydroxylamine groups is 2. The van der Waals surface area contributed by atoms with Gasteiger partial charge in [0.1, 0.15) is 30.2 Å². The zero-order chi connectivity index (χ0) is 49.1. The molecule has 0 radical (unpaired) electrons. The Morgan fingerprint density at radius 2 is 1.44 bits per heavy atom. The van der Waals surface area contributed by atoms with Crippen molar-refractivity contribution in [3.8, 4) is 0 Å². The molecule has 0 bridgehead atoms. The normalized spacial score (nSPS) is 16.8. The highest BCUT2D eigenvalue weighted by Gasteiger charge is 2.45. The van der Waals surface area contributed by atoms with Gasteiger partial charge in [-0.25, -0.2) is 5.06 Å². The molecule has 1 aliphatic rings. The van der Waals surface area contributed by atoms with Crippen molar-refractivity contribution in [2.24, 2.45) is 11.8 Å². The number of likely N-dealkylation sites (tertiary alicyclic amines) is 1. The Bertz CT molecular complexity index is 1970. The Morgan fingerprint density at radius 3 is 1.98 bits per heavy atom. The van der Waals surface area contributed by atoms with Crippen LogP contribution >= 0.6 is 0 Å². The van der Waals surface area contributed by atoms with Gasteiger partial charge in [0, 0.05) is 39.3 Å². The molecule has 3 rings (SSSR count). The van der Waals surface area contributed by atoms with Crippen LogP contribution in [0.2, 0.25) is 0 Å². The van der Waals surface area contributed by atoms with Crippen LogP contribution in [0.5, 0.6) is 0 Å². The van der Waals surface area contributed by atoms with Crippen LogP contribution in [-0.4, -0.2) is 133 Å². The minimum Gasteiger partial charge on any atom is -0.481 e. The maximum atomic E-state index is 14.7. The number of carboxylic acids is 2. The molecule has 2 aromatic rings. The SMILES string of the molecule is CCC(=O)N(CCCc1ccccc1)NC(=O)[C@@H]1C[C@@H](OCc2ccccc2)CN1C(=O)[C@@H](NC(=O)[C@H](C(C)CC)N(O)C(=O)[C@@H](CCC(=O)O)NC(=O)[C@H](CC(=O)O)NC(C)=O)C(C)C. The zero-order valence-electron chi connectivity index (χ0n) is 38.4. The fourth-order valence-electron chi connectivity index (χ4n) is 7.41. The summed E-state index contributed by atoms with van der Waals surface area (Å²) in [6.07, 6.45) is -1.31. The Balaban J connectivity index is 1.92. The average molecular weight is 924 g/mol. The standard InChI is InChI=1S/C46H65N7O13/c1-7-29(5)41(53(65)45(63)34(21-22-38(56)57)48-42(60)35(25-39(58)59)47-30(6)54)44(62)49-40(28(3)4)46(64)51-26-33(66-27-32-18-13-10-14-19-32)24-36(51)43(61)50-52(37(55)8-2)23-15-20-31-16-11-9-12-17-31/h9-14,16-19,28-29,33-36,40-41,65H,7-8,15,20-27H2,1-6H3,(H,47,54)(H,48,60)(H,49,62)(H,50,61)(H,56,57)(H,58,59)/t29?,33-,34-,35+,36+,40+,41+/m1/s1. The first kappa shape index (κ1) is 53.9. The van der Waals surface area contributed by atoms with Crippen molar-refractivity contribution >= 4 is 53.3 Å². The van der Waals surface area contributed by atoms with E-state index in [4.69, 9.17) is 4.74 Å². The number of rotatable bonds is 25. The van der Waals surface area contributed by atoms with Crippen molar-refractivity contribution in [3.05, 3.63) is 71.8 Å². The molecule has 0 saturated carbocycles. The number of carbonyl (C=O) groups excluding carboxylic acids is 7. The molecule has 1 aliphatic heterocycles. The van der Waals surface area contributed by atoms with E-state index in [1.54, 1.807) is 27.7 Å². The molecule has 0 aliphatic carbocycles. The van der Waals surface area contributed by atoms with Crippen LogP contribution < -0.4 is 21.4 Å². The monoisotopic (exact) mass is 923 g/mol. The first-order valence-corrected chi connectivity index (χ1v) is 22.2. The van der Waals surface area contributed by atoms with E-state index in [9.17, 15) is 58.6 Å². The lowest BCUT2D eigenvalue weighted by molar-refractivity contribution is -0.187. The van der Waals surface area contributed by atoms with Crippen molar-refractivity contribution < 1.29 is 63.3 Å². The number of carboxylic acid groups (broad SMARTS) is 2. The van der Waals surface area contributed by atoms with Crippen molar-refractivity contribution in [2.45, 2.75) is 136 Å². The molecular weight excluding hydrogens is 859 g/mol. The second-order valence-corrected chi connectivity index (χ2v) is 16.7. The molecule has 0 spiro atoms. The first-order valence-electron chi connectivity index (χ1n) is 22.2. The highest BCUT2D eigenvalue weighted by molar-refractivity contribution is 5.97. The fraction of sp³-hybridized carbons (Fsp3) is 0.543. The number of aliphatic carboxylic acids is 2. The molecule has 1 fully saturated rings. The number of carbonyl (C=O) groups is 9. The summed E-state index contributed by atoms with van der Waals surface area (Å²) in [5.74, 6) is -10.2. The fourth-order valence-corrected chi connectivity index (χ4v) is 7.41. The molecule has 0 aromatic heterocycles. The van der Waals surface area contributed by atoms with Crippen LogP contribution in [0.3, 0.4) is 0 Å². The number of hydrogen-bond acceptors (Lipinski definition) is 11. The molecule has 20 heteroatoms. The van der Waals surface area contributed by atoms with Gasteiger partial charge in [-0.2, -0.15) is 0 Å². The van der Waals surface area contributed by atoms with E-state index >= 15 is 0 Å². The maximum Gasteiger partial charge on any atom is 0.305 e. The molecule has 1 heterocycles. The number of nitrogens with one attached hydrogen (secondary N) is 4. The molecule has 7 atom stereocenters. The van der Waals surface area contributed by atoms with Crippen molar-refractivity contribution in [1.29, 1.82) is 0 Å². The highest BCUT2D eigenvalue weighted by Crippen LogP contribution is 2.25. The highest BCUT2D eigenvalue weighted by atomic mass is 16.5. The smallest absolute Gasteiger partial charge is 0.305 e. The van der Waals surface area contributed by atoms with Crippen LogP contribution in [0, 0.1) is 11.8 Å². The summed E-state index contributed by atoms with van der Waals surface area (Å²) in [6, 6.07) is 11.2. The molecule has 1 unspecified atom stereocenters. The number of nitrogens with zero attached hydrogens (tertiary/aromatic N) is 3. The van der Waals surface area contributed by atoms with Gasteiger partial charge in [0.2, 0.25) is 29.5 Å². The molecule has 362 valence electrons. The molecule has 7 amide bonds. The third-order valence-corrected chi connectivity index (χ3v) is 11.2. The molecule has 66 heavy (non-hydrogen) atoms. The minimum absolute atomic E-state index is 0.0501. The summed E-state index contributed by atoms with van der Waals surface area (Å²) in [4.78, 5) is 119. The van der Waals surface area contributed by atoms with Crippen molar-refractivity contribution in [3.63, 3.8) is 0 Å². The second-order valence-electron chi connectivity index (χ2n) is 16.7.